The van der Waals surface area contributed by atoms with Crippen molar-refractivity contribution in [1.29, 1.82) is 0 Å². The summed E-state index contributed by atoms with van der Waals surface area (Å²) < 4.78 is 0. The summed E-state index contributed by atoms with van der Waals surface area (Å²) in [6, 6.07) is 7.00. The Balaban J connectivity index is 2.06. The fourth-order valence-corrected chi connectivity index (χ4v) is 1.84. The first-order chi connectivity index (χ1) is 9.24. The van der Waals surface area contributed by atoms with E-state index in [1.54, 1.807) is 18.2 Å². The summed E-state index contributed by atoms with van der Waals surface area (Å²) in [6.07, 6.45) is 1.42. The fourth-order valence-electron chi connectivity index (χ4n) is 1.54. The number of benzene rings is 1. The highest BCUT2D eigenvalue weighted by Crippen LogP contribution is 2.28. The SMILES string of the molecule is Clc1ccc(-c2cc(-c3nnn[n-]3)ncn2)cc1Cl. The van der Waals surface area contributed by atoms with Gasteiger partial charge in [-0.25, -0.2) is 9.97 Å². The van der Waals surface area contributed by atoms with Crippen molar-refractivity contribution in [2.75, 3.05) is 0 Å². The van der Waals surface area contributed by atoms with Crippen LogP contribution in [0.3, 0.4) is 0 Å². The van der Waals surface area contributed by atoms with Gasteiger partial charge in [-0.3, -0.25) is 10.3 Å². The molecule has 0 atom stereocenters. The first-order valence-corrected chi connectivity index (χ1v) is 5.96. The molecular formula is C11H5Cl2N6-. The van der Waals surface area contributed by atoms with Gasteiger partial charge < -0.3 is 5.10 Å². The van der Waals surface area contributed by atoms with Gasteiger partial charge >= 0.3 is 0 Å². The molecule has 0 radical (unpaired) electrons. The molecule has 0 fully saturated rings. The van der Waals surface area contributed by atoms with Gasteiger partial charge in [0, 0.05) is 5.56 Å². The summed E-state index contributed by atoms with van der Waals surface area (Å²) in [5.41, 5.74) is 2.06. The van der Waals surface area contributed by atoms with Crippen LogP contribution in [-0.4, -0.2) is 25.5 Å². The van der Waals surface area contributed by atoms with E-state index in [2.05, 4.69) is 30.6 Å². The van der Waals surface area contributed by atoms with E-state index in [1.807, 2.05) is 6.07 Å². The fraction of sp³-hybridized carbons (Fsp3) is 0. The van der Waals surface area contributed by atoms with Crippen molar-refractivity contribution in [3.63, 3.8) is 0 Å². The lowest BCUT2D eigenvalue weighted by Gasteiger charge is -2.05. The second-order valence-corrected chi connectivity index (χ2v) is 4.43. The summed E-state index contributed by atoms with van der Waals surface area (Å²) in [6.45, 7) is 0. The molecule has 0 aliphatic carbocycles. The molecule has 0 N–H and O–H groups in total. The summed E-state index contributed by atoms with van der Waals surface area (Å²) in [5.74, 6) is 0.351. The van der Waals surface area contributed by atoms with Crippen LogP contribution >= 0.6 is 23.2 Å². The standard InChI is InChI=1S/C11H5Cl2N6/c12-7-2-1-6(3-8(7)13)9-4-10(15-5-14-9)11-16-18-19-17-11/h1-5H/q-1. The average Bonchev–Trinajstić information content (AvgIpc) is 2.96. The van der Waals surface area contributed by atoms with Gasteiger partial charge in [0.25, 0.3) is 0 Å². The van der Waals surface area contributed by atoms with Gasteiger partial charge in [0.05, 0.1) is 27.3 Å². The van der Waals surface area contributed by atoms with Gasteiger partial charge in [-0.1, -0.05) is 29.3 Å². The quantitative estimate of drug-likeness (QED) is 0.721. The lowest BCUT2D eigenvalue weighted by Crippen LogP contribution is -1.92. The molecule has 0 aliphatic rings. The van der Waals surface area contributed by atoms with Crippen LogP contribution in [0.1, 0.15) is 0 Å². The van der Waals surface area contributed by atoms with Crippen molar-refractivity contribution in [3.8, 4) is 22.8 Å². The molecule has 0 amide bonds. The molecule has 1 aromatic carbocycles. The molecule has 0 unspecified atom stereocenters. The van der Waals surface area contributed by atoms with Gasteiger partial charge in [-0.15, -0.1) is 0 Å². The van der Waals surface area contributed by atoms with Crippen molar-refractivity contribution in [2.24, 2.45) is 0 Å². The number of hydrogen-bond donors (Lipinski definition) is 0. The Morgan fingerprint density at radius 3 is 2.53 bits per heavy atom. The summed E-state index contributed by atoms with van der Waals surface area (Å²) in [4.78, 5) is 8.25. The van der Waals surface area contributed by atoms with Crippen LogP contribution in [0.25, 0.3) is 22.8 Å². The molecule has 0 bridgehead atoms. The van der Waals surface area contributed by atoms with Crippen LogP contribution < -0.4 is 5.10 Å². The Bertz CT molecular complexity index is 713. The largest absolute Gasteiger partial charge is 0.329 e. The van der Waals surface area contributed by atoms with Crippen molar-refractivity contribution < 1.29 is 0 Å². The molecule has 0 spiro atoms. The van der Waals surface area contributed by atoms with Gasteiger partial charge in [0.2, 0.25) is 0 Å². The number of aromatic nitrogens is 6. The minimum atomic E-state index is 0.351. The molecule has 6 nitrogen and oxygen atoms in total. The zero-order valence-corrected chi connectivity index (χ0v) is 10.8. The molecule has 2 heterocycles. The third-order valence-electron chi connectivity index (χ3n) is 2.43. The molecular weight excluding hydrogens is 287 g/mol. The Labute approximate surface area is 117 Å². The third kappa shape index (κ3) is 2.40. The number of nitrogens with zero attached hydrogens (tertiary/aromatic N) is 6. The van der Waals surface area contributed by atoms with E-state index in [0.717, 1.165) is 5.56 Å². The molecule has 3 rings (SSSR count). The molecule has 0 saturated carbocycles. The van der Waals surface area contributed by atoms with Gasteiger partial charge in [-0.2, -0.15) is 5.21 Å². The highest BCUT2D eigenvalue weighted by Gasteiger charge is 2.05. The van der Waals surface area contributed by atoms with E-state index < -0.39 is 0 Å². The van der Waals surface area contributed by atoms with Crippen LogP contribution in [0.2, 0.25) is 10.0 Å². The third-order valence-corrected chi connectivity index (χ3v) is 3.17. The lowest BCUT2D eigenvalue weighted by atomic mass is 10.1. The van der Waals surface area contributed by atoms with E-state index in [-0.39, 0.29) is 0 Å². The average molecular weight is 292 g/mol. The summed E-state index contributed by atoms with van der Waals surface area (Å²) in [5, 5.41) is 15.3. The zero-order valence-electron chi connectivity index (χ0n) is 9.33. The van der Waals surface area contributed by atoms with Gasteiger partial charge in [0.15, 0.2) is 0 Å². The highest BCUT2D eigenvalue weighted by molar-refractivity contribution is 6.42. The van der Waals surface area contributed by atoms with E-state index >= 15 is 0 Å². The van der Waals surface area contributed by atoms with Gasteiger partial charge in [-0.05, 0) is 18.2 Å². The van der Waals surface area contributed by atoms with Crippen molar-refractivity contribution in [3.05, 3.63) is 40.6 Å². The van der Waals surface area contributed by atoms with Crippen LogP contribution in [0.15, 0.2) is 30.6 Å². The monoisotopic (exact) mass is 291 g/mol. The van der Waals surface area contributed by atoms with E-state index in [9.17, 15) is 0 Å². The number of rotatable bonds is 2. The maximum Gasteiger partial charge on any atom is 0.116 e. The Hall–Kier alpha value is -2.05. The Morgan fingerprint density at radius 2 is 1.79 bits per heavy atom. The second-order valence-electron chi connectivity index (χ2n) is 3.62. The van der Waals surface area contributed by atoms with E-state index in [1.165, 1.54) is 6.33 Å². The van der Waals surface area contributed by atoms with Crippen molar-refractivity contribution in [2.45, 2.75) is 0 Å². The molecule has 94 valence electrons. The first kappa shape index (κ1) is 12.0. The zero-order chi connectivity index (χ0) is 13.2. The molecule has 0 saturated heterocycles. The number of tetrazole rings is 1. The molecule has 0 aliphatic heterocycles. The minimum absolute atomic E-state index is 0.351. The Morgan fingerprint density at radius 1 is 0.947 bits per heavy atom. The van der Waals surface area contributed by atoms with E-state index in [0.29, 0.717) is 27.3 Å². The Kier molecular flexibility index (Phi) is 3.10. The highest BCUT2D eigenvalue weighted by atomic mass is 35.5. The molecule has 2 aromatic heterocycles. The van der Waals surface area contributed by atoms with Gasteiger partial charge in [0.1, 0.15) is 6.33 Å². The minimum Gasteiger partial charge on any atom is -0.329 e. The first-order valence-electron chi connectivity index (χ1n) is 5.20. The maximum atomic E-state index is 5.98. The maximum absolute atomic E-state index is 5.98. The van der Waals surface area contributed by atoms with Crippen LogP contribution in [-0.2, 0) is 0 Å². The normalized spacial score (nSPS) is 10.6. The summed E-state index contributed by atoms with van der Waals surface area (Å²) in [7, 11) is 0. The van der Waals surface area contributed by atoms with Crippen molar-refractivity contribution in [1.82, 2.24) is 30.6 Å². The van der Waals surface area contributed by atoms with Crippen LogP contribution in [0.5, 0.6) is 0 Å². The van der Waals surface area contributed by atoms with E-state index in [4.69, 9.17) is 23.2 Å². The molecule has 19 heavy (non-hydrogen) atoms. The van der Waals surface area contributed by atoms with Crippen LogP contribution in [0, 0.1) is 0 Å². The smallest absolute Gasteiger partial charge is 0.116 e. The predicted molar refractivity (Wildman–Crippen MR) is 69.6 cm³/mol. The number of halogens is 2. The molecule has 8 heteroatoms. The summed E-state index contributed by atoms with van der Waals surface area (Å²) >= 11 is 11.9. The number of hydrogen-bond acceptors (Lipinski definition) is 5. The predicted octanol–water partition coefficient (Wildman–Crippen LogP) is 2.26. The topological polar surface area (TPSA) is 78.5 Å². The second kappa shape index (κ2) is 4.91. The van der Waals surface area contributed by atoms with Crippen LogP contribution in [0.4, 0.5) is 0 Å². The lowest BCUT2D eigenvalue weighted by molar-refractivity contribution is 0.871. The van der Waals surface area contributed by atoms with Crippen molar-refractivity contribution >= 4 is 23.2 Å². The molecule has 3 aromatic rings.